The van der Waals surface area contributed by atoms with E-state index < -0.39 is 5.97 Å². The highest BCUT2D eigenvalue weighted by molar-refractivity contribution is 5.68. The van der Waals surface area contributed by atoms with Crippen LogP contribution in [0.4, 0.5) is 0 Å². The number of hydrogen-bond donors (Lipinski definition) is 1. The first-order chi connectivity index (χ1) is 6.04. The average molecular weight is 186 g/mol. The molecule has 3 nitrogen and oxygen atoms in total. The summed E-state index contributed by atoms with van der Waals surface area (Å²) in [5, 5.41) is 8.70. The lowest BCUT2D eigenvalue weighted by Crippen LogP contribution is -2.42. The number of aliphatic carboxylic acids is 1. The first-order valence-corrected chi connectivity index (χ1v) is 4.90. The Balaban J connectivity index is 2.36. The molecule has 0 aromatic heterocycles. The zero-order valence-corrected chi connectivity index (χ0v) is 8.38. The van der Waals surface area contributed by atoms with Crippen LogP contribution in [-0.4, -0.2) is 23.3 Å². The van der Waals surface area contributed by atoms with Gasteiger partial charge >= 0.3 is 5.97 Å². The van der Waals surface area contributed by atoms with E-state index in [0.29, 0.717) is 12.5 Å². The number of carbonyl (C=O) groups is 1. The van der Waals surface area contributed by atoms with E-state index in [9.17, 15) is 4.79 Å². The molecule has 1 aliphatic carbocycles. The first-order valence-electron chi connectivity index (χ1n) is 4.90. The molecule has 0 bridgehead atoms. The second-order valence-electron chi connectivity index (χ2n) is 4.31. The van der Waals surface area contributed by atoms with Crippen molar-refractivity contribution in [3.05, 3.63) is 0 Å². The summed E-state index contributed by atoms with van der Waals surface area (Å²) < 4.78 is 5.66. The molecule has 0 heterocycles. The van der Waals surface area contributed by atoms with Gasteiger partial charge in [0.05, 0.1) is 12.0 Å². The fourth-order valence-corrected chi connectivity index (χ4v) is 1.56. The Morgan fingerprint density at radius 2 is 2.15 bits per heavy atom. The monoisotopic (exact) mass is 186 g/mol. The van der Waals surface area contributed by atoms with Gasteiger partial charge in [0.1, 0.15) is 0 Å². The van der Waals surface area contributed by atoms with Crippen LogP contribution in [-0.2, 0) is 9.53 Å². The summed E-state index contributed by atoms with van der Waals surface area (Å²) in [6.07, 6.45) is 3.09. The van der Waals surface area contributed by atoms with Crippen LogP contribution in [0.3, 0.4) is 0 Å². The van der Waals surface area contributed by atoms with Crippen molar-refractivity contribution in [3.63, 3.8) is 0 Å². The van der Waals surface area contributed by atoms with Gasteiger partial charge in [-0.3, -0.25) is 4.79 Å². The number of carboxylic acid groups (broad SMARTS) is 1. The van der Waals surface area contributed by atoms with E-state index in [0.717, 1.165) is 19.3 Å². The second-order valence-corrected chi connectivity index (χ2v) is 4.31. The van der Waals surface area contributed by atoms with E-state index in [1.807, 2.05) is 0 Å². The van der Waals surface area contributed by atoms with Crippen LogP contribution in [0.5, 0.6) is 0 Å². The van der Waals surface area contributed by atoms with Crippen LogP contribution in [0.2, 0.25) is 0 Å². The van der Waals surface area contributed by atoms with E-state index in [2.05, 4.69) is 13.8 Å². The lowest BCUT2D eigenvalue weighted by molar-refractivity contribution is -0.156. The topological polar surface area (TPSA) is 46.5 Å². The molecule has 76 valence electrons. The predicted molar refractivity (Wildman–Crippen MR) is 49.6 cm³/mol. The zero-order valence-electron chi connectivity index (χ0n) is 8.38. The van der Waals surface area contributed by atoms with Crippen LogP contribution in [0.25, 0.3) is 0 Å². The van der Waals surface area contributed by atoms with E-state index in [-0.39, 0.29) is 12.0 Å². The minimum absolute atomic E-state index is 0.166. The Morgan fingerprint density at radius 1 is 1.54 bits per heavy atom. The SMILES string of the molecule is CC(C)COC1(CC(=O)O)CCC1. The van der Waals surface area contributed by atoms with E-state index >= 15 is 0 Å². The third kappa shape index (κ3) is 2.99. The molecule has 0 spiro atoms. The maximum Gasteiger partial charge on any atom is 0.306 e. The zero-order chi connectivity index (χ0) is 9.90. The highest BCUT2D eigenvalue weighted by Gasteiger charge is 2.40. The predicted octanol–water partition coefficient (Wildman–Crippen LogP) is 2.06. The molecule has 0 amide bonds. The Bertz CT molecular complexity index is 183. The molecule has 0 saturated heterocycles. The number of rotatable bonds is 5. The normalized spacial score (nSPS) is 19.9. The van der Waals surface area contributed by atoms with E-state index in [1.165, 1.54) is 0 Å². The minimum Gasteiger partial charge on any atom is -0.481 e. The molecule has 1 rings (SSSR count). The van der Waals surface area contributed by atoms with Crippen molar-refractivity contribution in [1.29, 1.82) is 0 Å². The summed E-state index contributed by atoms with van der Waals surface area (Å²) in [5.74, 6) is -0.269. The standard InChI is InChI=1S/C10H18O3/c1-8(2)7-13-10(4-3-5-10)6-9(11)12/h8H,3-7H2,1-2H3,(H,11,12). The van der Waals surface area contributed by atoms with Gasteiger partial charge in [0.2, 0.25) is 0 Å². The molecule has 3 heteroatoms. The molecule has 1 N–H and O–H groups in total. The van der Waals surface area contributed by atoms with Crippen molar-refractivity contribution in [2.45, 2.75) is 45.1 Å². The van der Waals surface area contributed by atoms with Crippen LogP contribution in [0, 0.1) is 5.92 Å². The quantitative estimate of drug-likeness (QED) is 0.714. The fourth-order valence-electron chi connectivity index (χ4n) is 1.56. The molecular weight excluding hydrogens is 168 g/mol. The molecule has 0 aliphatic heterocycles. The van der Waals surface area contributed by atoms with Gasteiger partial charge in [-0.2, -0.15) is 0 Å². The van der Waals surface area contributed by atoms with Gasteiger partial charge in [0.15, 0.2) is 0 Å². The molecule has 0 unspecified atom stereocenters. The maximum absolute atomic E-state index is 10.6. The maximum atomic E-state index is 10.6. The summed E-state index contributed by atoms with van der Waals surface area (Å²) in [7, 11) is 0. The van der Waals surface area contributed by atoms with E-state index in [1.54, 1.807) is 0 Å². The fraction of sp³-hybridized carbons (Fsp3) is 0.900. The minimum atomic E-state index is -0.747. The third-order valence-corrected chi connectivity index (χ3v) is 2.46. The molecule has 1 fully saturated rings. The largest absolute Gasteiger partial charge is 0.481 e. The van der Waals surface area contributed by atoms with Gasteiger partial charge in [-0.05, 0) is 25.2 Å². The van der Waals surface area contributed by atoms with Crippen molar-refractivity contribution < 1.29 is 14.6 Å². The van der Waals surface area contributed by atoms with Crippen LogP contribution in [0.15, 0.2) is 0 Å². The van der Waals surface area contributed by atoms with Crippen molar-refractivity contribution in [2.24, 2.45) is 5.92 Å². The van der Waals surface area contributed by atoms with Crippen LogP contribution in [0.1, 0.15) is 39.5 Å². The molecule has 0 radical (unpaired) electrons. The Hall–Kier alpha value is -0.570. The lowest BCUT2D eigenvalue weighted by atomic mass is 9.77. The van der Waals surface area contributed by atoms with Gasteiger partial charge in [-0.1, -0.05) is 13.8 Å². The molecule has 13 heavy (non-hydrogen) atoms. The summed E-state index contributed by atoms with van der Waals surface area (Å²) >= 11 is 0. The Kier molecular flexibility index (Phi) is 3.31. The van der Waals surface area contributed by atoms with Gasteiger partial charge in [-0.15, -0.1) is 0 Å². The highest BCUT2D eigenvalue weighted by atomic mass is 16.5. The van der Waals surface area contributed by atoms with E-state index in [4.69, 9.17) is 9.84 Å². The number of ether oxygens (including phenoxy) is 1. The third-order valence-electron chi connectivity index (χ3n) is 2.46. The Labute approximate surface area is 79.1 Å². The molecule has 0 aromatic carbocycles. The first kappa shape index (κ1) is 10.5. The second kappa shape index (κ2) is 4.09. The summed E-state index contributed by atoms with van der Waals surface area (Å²) in [6.45, 7) is 4.83. The van der Waals surface area contributed by atoms with Gasteiger partial charge in [0, 0.05) is 6.61 Å². The van der Waals surface area contributed by atoms with Crippen molar-refractivity contribution >= 4 is 5.97 Å². The summed E-state index contributed by atoms with van der Waals surface area (Å²) in [5.41, 5.74) is -0.323. The summed E-state index contributed by atoms with van der Waals surface area (Å²) in [6, 6.07) is 0. The molecular formula is C10H18O3. The van der Waals surface area contributed by atoms with Crippen molar-refractivity contribution in [2.75, 3.05) is 6.61 Å². The van der Waals surface area contributed by atoms with Crippen LogP contribution < -0.4 is 0 Å². The summed E-state index contributed by atoms with van der Waals surface area (Å²) in [4.78, 5) is 10.6. The van der Waals surface area contributed by atoms with Crippen molar-refractivity contribution in [3.8, 4) is 0 Å². The Morgan fingerprint density at radius 3 is 2.46 bits per heavy atom. The number of hydrogen-bond acceptors (Lipinski definition) is 2. The van der Waals surface area contributed by atoms with Gasteiger partial charge < -0.3 is 9.84 Å². The molecule has 1 saturated carbocycles. The van der Waals surface area contributed by atoms with Gasteiger partial charge in [0.25, 0.3) is 0 Å². The lowest BCUT2D eigenvalue weighted by Gasteiger charge is -2.41. The molecule has 1 aliphatic rings. The van der Waals surface area contributed by atoms with Gasteiger partial charge in [-0.25, -0.2) is 0 Å². The molecule has 0 aromatic rings. The highest BCUT2D eigenvalue weighted by Crippen LogP contribution is 2.38. The van der Waals surface area contributed by atoms with Crippen LogP contribution >= 0.6 is 0 Å². The average Bonchev–Trinajstić information content (AvgIpc) is 1.93. The molecule has 0 atom stereocenters. The smallest absolute Gasteiger partial charge is 0.306 e. The number of carboxylic acids is 1. The van der Waals surface area contributed by atoms with Crippen molar-refractivity contribution in [1.82, 2.24) is 0 Å².